The standard InChI is InChI=1S/C10H16BrN3O/c1-7(15-2)10(14-12)4-8-3-9(11)6-13-5-8/h3,5-7,10,14H,4,12H2,1-2H3. The molecule has 0 radical (unpaired) electrons. The summed E-state index contributed by atoms with van der Waals surface area (Å²) < 4.78 is 6.20. The fourth-order valence-corrected chi connectivity index (χ4v) is 1.76. The van der Waals surface area contributed by atoms with Gasteiger partial charge < -0.3 is 4.74 Å². The van der Waals surface area contributed by atoms with Crippen molar-refractivity contribution in [1.82, 2.24) is 10.4 Å². The first-order chi connectivity index (χ1) is 7.17. The minimum absolute atomic E-state index is 0.0639. The Morgan fingerprint density at radius 2 is 2.33 bits per heavy atom. The molecule has 0 aliphatic carbocycles. The average molecular weight is 274 g/mol. The van der Waals surface area contributed by atoms with E-state index in [1.54, 1.807) is 13.3 Å². The van der Waals surface area contributed by atoms with Crippen molar-refractivity contribution in [2.75, 3.05) is 7.11 Å². The second-order valence-corrected chi connectivity index (χ2v) is 4.35. The van der Waals surface area contributed by atoms with E-state index in [0.29, 0.717) is 0 Å². The van der Waals surface area contributed by atoms with Gasteiger partial charge in [0.1, 0.15) is 0 Å². The smallest absolute Gasteiger partial charge is 0.0712 e. The van der Waals surface area contributed by atoms with Gasteiger partial charge in [0.15, 0.2) is 0 Å². The van der Waals surface area contributed by atoms with Gasteiger partial charge in [-0.3, -0.25) is 16.3 Å². The molecule has 1 heterocycles. The zero-order valence-corrected chi connectivity index (χ0v) is 10.5. The Hall–Kier alpha value is -0.490. The Bertz CT molecular complexity index is 308. The van der Waals surface area contributed by atoms with Gasteiger partial charge >= 0.3 is 0 Å². The molecule has 84 valence electrons. The predicted molar refractivity (Wildman–Crippen MR) is 63.2 cm³/mol. The van der Waals surface area contributed by atoms with Crippen molar-refractivity contribution in [3.05, 3.63) is 28.5 Å². The first kappa shape index (κ1) is 12.6. The lowest BCUT2D eigenvalue weighted by atomic mass is 10.0. The molecule has 0 aliphatic heterocycles. The Balaban J connectivity index is 2.66. The molecule has 0 aromatic carbocycles. The van der Waals surface area contributed by atoms with Crippen LogP contribution in [0, 0.1) is 0 Å². The molecule has 2 atom stereocenters. The van der Waals surface area contributed by atoms with Crippen LogP contribution in [0.3, 0.4) is 0 Å². The van der Waals surface area contributed by atoms with E-state index >= 15 is 0 Å². The summed E-state index contributed by atoms with van der Waals surface area (Å²) in [5.74, 6) is 5.47. The van der Waals surface area contributed by atoms with Crippen LogP contribution in [0.1, 0.15) is 12.5 Å². The van der Waals surface area contributed by atoms with E-state index in [-0.39, 0.29) is 12.1 Å². The van der Waals surface area contributed by atoms with Gasteiger partial charge in [-0.05, 0) is 40.9 Å². The third-order valence-electron chi connectivity index (χ3n) is 2.37. The molecule has 0 amide bonds. The molecular weight excluding hydrogens is 258 g/mol. The molecular formula is C10H16BrN3O. The maximum absolute atomic E-state index is 5.47. The zero-order valence-electron chi connectivity index (χ0n) is 8.90. The number of nitrogens with one attached hydrogen (secondary N) is 1. The minimum Gasteiger partial charge on any atom is -0.380 e. The molecule has 0 saturated heterocycles. The lowest BCUT2D eigenvalue weighted by Gasteiger charge is -2.21. The second-order valence-electron chi connectivity index (χ2n) is 3.43. The summed E-state index contributed by atoms with van der Waals surface area (Å²) in [4.78, 5) is 4.10. The molecule has 1 aromatic rings. The largest absolute Gasteiger partial charge is 0.380 e. The number of aromatic nitrogens is 1. The van der Waals surface area contributed by atoms with Gasteiger partial charge in [0.25, 0.3) is 0 Å². The molecule has 0 aliphatic rings. The van der Waals surface area contributed by atoms with Crippen LogP contribution in [-0.4, -0.2) is 24.2 Å². The number of nitrogens with two attached hydrogens (primary N) is 1. The maximum Gasteiger partial charge on any atom is 0.0712 e. The van der Waals surface area contributed by atoms with Crippen LogP contribution in [-0.2, 0) is 11.2 Å². The molecule has 2 unspecified atom stereocenters. The number of halogens is 1. The van der Waals surface area contributed by atoms with Crippen LogP contribution in [0.5, 0.6) is 0 Å². The Morgan fingerprint density at radius 3 is 2.87 bits per heavy atom. The van der Waals surface area contributed by atoms with Crippen LogP contribution in [0.2, 0.25) is 0 Å². The molecule has 0 saturated carbocycles. The lowest BCUT2D eigenvalue weighted by Crippen LogP contribution is -2.45. The molecule has 1 rings (SSSR count). The molecule has 3 N–H and O–H groups in total. The van der Waals surface area contributed by atoms with E-state index in [1.807, 2.05) is 19.2 Å². The Morgan fingerprint density at radius 1 is 1.60 bits per heavy atom. The van der Waals surface area contributed by atoms with Gasteiger partial charge in [-0.2, -0.15) is 0 Å². The Kier molecular flexibility index (Phi) is 5.17. The summed E-state index contributed by atoms with van der Waals surface area (Å²) in [6.45, 7) is 1.98. The van der Waals surface area contributed by atoms with Crippen LogP contribution in [0.15, 0.2) is 22.9 Å². The Labute approximate surface area is 98.3 Å². The fraction of sp³-hybridized carbons (Fsp3) is 0.500. The topological polar surface area (TPSA) is 60.2 Å². The van der Waals surface area contributed by atoms with Crippen molar-refractivity contribution in [2.45, 2.75) is 25.5 Å². The fourth-order valence-electron chi connectivity index (χ4n) is 1.35. The normalized spacial score (nSPS) is 14.9. The van der Waals surface area contributed by atoms with E-state index in [0.717, 1.165) is 16.5 Å². The molecule has 0 fully saturated rings. The molecule has 15 heavy (non-hydrogen) atoms. The van der Waals surface area contributed by atoms with Crippen LogP contribution < -0.4 is 11.3 Å². The number of pyridine rings is 1. The number of methoxy groups -OCH3 is 1. The monoisotopic (exact) mass is 273 g/mol. The molecule has 1 aromatic heterocycles. The first-order valence-corrected chi connectivity index (χ1v) is 5.55. The molecule has 0 bridgehead atoms. The zero-order chi connectivity index (χ0) is 11.3. The van der Waals surface area contributed by atoms with E-state index in [9.17, 15) is 0 Å². The van der Waals surface area contributed by atoms with E-state index in [4.69, 9.17) is 10.6 Å². The van der Waals surface area contributed by atoms with Crippen LogP contribution in [0.25, 0.3) is 0 Å². The highest BCUT2D eigenvalue weighted by Gasteiger charge is 2.15. The number of nitrogens with zero attached hydrogens (tertiary/aromatic N) is 1. The van der Waals surface area contributed by atoms with Crippen LogP contribution >= 0.6 is 15.9 Å². The van der Waals surface area contributed by atoms with Crippen molar-refractivity contribution in [1.29, 1.82) is 0 Å². The predicted octanol–water partition coefficient (Wildman–Crippen LogP) is 1.25. The number of ether oxygens (including phenoxy) is 1. The van der Waals surface area contributed by atoms with E-state index in [1.165, 1.54) is 0 Å². The number of rotatable bonds is 5. The molecule has 5 heteroatoms. The van der Waals surface area contributed by atoms with Gasteiger partial charge in [-0.15, -0.1) is 0 Å². The number of hydrazine groups is 1. The first-order valence-electron chi connectivity index (χ1n) is 4.75. The van der Waals surface area contributed by atoms with Crippen molar-refractivity contribution in [3.8, 4) is 0 Å². The van der Waals surface area contributed by atoms with Gasteiger partial charge in [0.2, 0.25) is 0 Å². The number of hydrogen-bond acceptors (Lipinski definition) is 4. The van der Waals surface area contributed by atoms with E-state index < -0.39 is 0 Å². The third kappa shape index (κ3) is 3.87. The second kappa shape index (κ2) is 6.17. The maximum atomic E-state index is 5.47. The summed E-state index contributed by atoms with van der Waals surface area (Å²) in [6, 6.07) is 2.12. The summed E-state index contributed by atoms with van der Waals surface area (Å²) in [5.41, 5.74) is 3.87. The third-order valence-corrected chi connectivity index (χ3v) is 2.80. The van der Waals surface area contributed by atoms with Gasteiger partial charge in [-0.1, -0.05) is 0 Å². The average Bonchev–Trinajstić information content (AvgIpc) is 2.25. The quantitative estimate of drug-likeness (QED) is 0.626. The highest BCUT2D eigenvalue weighted by molar-refractivity contribution is 9.10. The summed E-state index contributed by atoms with van der Waals surface area (Å²) >= 11 is 3.38. The number of hydrogen-bond donors (Lipinski definition) is 2. The highest BCUT2D eigenvalue weighted by Crippen LogP contribution is 2.12. The molecule has 0 spiro atoms. The van der Waals surface area contributed by atoms with Crippen LogP contribution in [0.4, 0.5) is 0 Å². The molecule has 4 nitrogen and oxygen atoms in total. The van der Waals surface area contributed by atoms with Crippen molar-refractivity contribution in [2.24, 2.45) is 5.84 Å². The SMILES string of the molecule is COC(C)C(Cc1cncc(Br)c1)NN. The van der Waals surface area contributed by atoms with Gasteiger partial charge in [0, 0.05) is 24.0 Å². The minimum atomic E-state index is 0.0639. The highest BCUT2D eigenvalue weighted by atomic mass is 79.9. The summed E-state index contributed by atoms with van der Waals surface area (Å²) in [6.07, 6.45) is 4.44. The summed E-state index contributed by atoms with van der Waals surface area (Å²) in [5, 5.41) is 0. The van der Waals surface area contributed by atoms with E-state index in [2.05, 4.69) is 26.3 Å². The van der Waals surface area contributed by atoms with Crippen molar-refractivity contribution in [3.63, 3.8) is 0 Å². The van der Waals surface area contributed by atoms with Gasteiger partial charge in [-0.25, -0.2) is 0 Å². The van der Waals surface area contributed by atoms with Crippen molar-refractivity contribution < 1.29 is 4.74 Å². The lowest BCUT2D eigenvalue weighted by molar-refractivity contribution is 0.0831. The summed E-state index contributed by atoms with van der Waals surface area (Å²) in [7, 11) is 1.67. The van der Waals surface area contributed by atoms with Gasteiger partial charge in [0.05, 0.1) is 12.1 Å². The van der Waals surface area contributed by atoms with Crippen molar-refractivity contribution >= 4 is 15.9 Å².